The molecule has 0 bridgehead atoms. The standard InChI is InChI=1S/C19H20F3N3O2/c1-18(7-8-18)13-9-12(13)11-5-3-4-6-14(11)23-17(26)27-15-10-25(2)24-16(15)19(20,21)22/h3-6,10,12-13H,7-9H2,1-2H3,(H,23,26). The summed E-state index contributed by atoms with van der Waals surface area (Å²) in [4.78, 5) is 12.2. The molecule has 1 aromatic heterocycles. The molecular formula is C19H20F3N3O2. The zero-order valence-electron chi connectivity index (χ0n) is 15.0. The van der Waals surface area contributed by atoms with Gasteiger partial charge >= 0.3 is 12.3 Å². The van der Waals surface area contributed by atoms with Gasteiger partial charge in [-0.1, -0.05) is 25.1 Å². The third-order valence-corrected chi connectivity index (χ3v) is 5.59. The number of nitrogens with zero attached hydrogens (tertiary/aromatic N) is 2. The number of hydrogen-bond donors (Lipinski definition) is 1. The van der Waals surface area contributed by atoms with E-state index in [-0.39, 0.29) is 0 Å². The zero-order chi connectivity index (χ0) is 19.4. The molecule has 1 N–H and O–H groups in total. The number of carbonyl (C=O) groups is 1. The number of halogens is 3. The molecule has 2 aromatic rings. The number of aryl methyl sites for hydroxylation is 1. The van der Waals surface area contributed by atoms with Crippen LogP contribution in [0.1, 0.15) is 43.4 Å². The Labute approximate surface area is 154 Å². The molecule has 0 aliphatic heterocycles. The van der Waals surface area contributed by atoms with Gasteiger partial charge in [-0.3, -0.25) is 10.00 Å². The van der Waals surface area contributed by atoms with Crippen molar-refractivity contribution in [2.24, 2.45) is 18.4 Å². The minimum absolute atomic E-state index is 0.373. The number of nitrogens with one attached hydrogen (secondary N) is 1. The first-order valence-electron chi connectivity index (χ1n) is 8.86. The Balaban J connectivity index is 1.49. The Kier molecular flexibility index (Phi) is 3.98. The number of alkyl halides is 3. The van der Waals surface area contributed by atoms with Crippen molar-refractivity contribution in [1.82, 2.24) is 9.78 Å². The first kappa shape index (κ1) is 17.9. The molecular weight excluding hydrogens is 359 g/mol. The highest BCUT2D eigenvalue weighted by Gasteiger charge is 2.56. The van der Waals surface area contributed by atoms with Crippen LogP contribution >= 0.6 is 0 Å². The van der Waals surface area contributed by atoms with Crippen molar-refractivity contribution in [3.8, 4) is 5.75 Å². The first-order valence-corrected chi connectivity index (χ1v) is 8.86. The highest BCUT2D eigenvalue weighted by Crippen LogP contribution is 2.67. The predicted molar refractivity (Wildman–Crippen MR) is 92.5 cm³/mol. The topological polar surface area (TPSA) is 56.1 Å². The smallest absolute Gasteiger partial charge is 0.406 e. The number of para-hydroxylation sites is 1. The van der Waals surface area contributed by atoms with Crippen LogP contribution < -0.4 is 10.1 Å². The van der Waals surface area contributed by atoms with Gasteiger partial charge in [0.1, 0.15) is 0 Å². The van der Waals surface area contributed by atoms with E-state index in [9.17, 15) is 18.0 Å². The van der Waals surface area contributed by atoms with E-state index in [0.29, 0.717) is 22.9 Å². The lowest BCUT2D eigenvalue weighted by molar-refractivity contribution is -0.142. The second-order valence-corrected chi connectivity index (χ2v) is 7.72. The summed E-state index contributed by atoms with van der Waals surface area (Å²) in [5.74, 6) is 0.361. The molecule has 2 aliphatic carbocycles. The van der Waals surface area contributed by atoms with E-state index in [4.69, 9.17) is 4.74 Å². The van der Waals surface area contributed by atoms with E-state index in [0.717, 1.165) is 22.9 Å². The van der Waals surface area contributed by atoms with Crippen molar-refractivity contribution < 1.29 is 22.7 Å². The zero-order valence-corrected chi connectivity index (χ0v) is 15.0. The van der Waals surface area contributed by atoms with E-state index >= 15 is 0 Å². The number of rotatable bonds is 4. The van der Waals surface area contributed by atoms with Crippen LogP contribution in [0.25, 0.3) is 0 Å². The number of carbonyl (C=O) groups excluding carboxylic acids is 1. The molecule has 1 amide bonds. The molecule has 1 heterocycles. The van der Waals surface area contributed by atoms with Crippen molar-refractivity contribution in [2.75, 3.05) is 5.32 Å². The van der Waals surface area contributed by atoms with Crippen LogP contribution in [0.3, 0.4) is 0 Å². The Morgan fingerprint density at radius 3 is 2.70 bits per heavy atom. The van der Waals surface area contributed by atoms with Gasteiger partial charge < -0.3 is 4.74 Å². The fourth-order valence-electron chi connectivity index (χ4n) is 3.78. The van der Waals surface area contributed by atoms with Gasteiger partial charge in [0.2, 0.25) is 5.69 Å². The summed E-state index contributed by atoms with van der Waals surface area (Å²) in [6, 6.07) is 7.38. The highest BCUT2D eigenvalue weighted by atomic mass is 19.4. The molecule has 4 rings (SSSR count). The van der Waals surface area contributed by atoms with Gasteiger partial charge in [0.15, 0.2) is 5.75 Å². The van der Waals surface area contributed by atoms with Crippen LogP contribution in [0, 0.1) is 11.3 Å². The number of benzene rings is 1. The van der Waals surface area contributed by atoms with Crippen LogP contribution in [0.5, 0.6) is 5.75 Å². The molecule has 0 radical (unpaired) electrons. The Bertz CT molecular complexity index is 887. The van der Waals surface area contributed by atoms with Crippen molar-refractivity contribution in [3.05, 3.63) is 41.7 Å². The molecule has 8 heteroatoms. The van der Waals surface area contributed by atoms with Gasteiger partial charge in [-0.2, -0.15) is 18.3 Å². The van der Waals surface area contributed by atoms with E-state index in [1.54, 1.807) is 12.1 Å². The number of anilines is 1. The largest absolute Gasteiger partial charge is 0.438 e. The Hall–Kier alpha value is -2.51. The van der Waals surface area contributed by atoms with Crippen LogP contribution in [0.15, 0.2) is 30.5 Å². The third-order valence-electron chi connectivity index (χ3n) is 5.59. The molecule has 2 fully saturated rings. The molecule has 5 nitrogen and oxygen atoms in total. The van der Waals surface area contributed by atoms with E-state index < -0.39 is 23.7 Å². The molecule has 2 saturated carbocycles. The third kappa shape index (κ3) is 3.52. The number of ether oxygens (including phenoxy) is 1. The van der Waals surface area contributed by atoms with Crippen LogP contribution in [0.4, 0.5) is 23.7 Å². The van der Waals surface area contributed by atoms with Crippen LogP contribution in [-0.2, 0) is 13.2 Å². The highest BCUT2D eigenvalue weighted by molar-refractivity contribution is 5.87. The molecule has 1 aromatic carbocycles. The summed E-state index contributed by atoms with van der Waals surface area (Å²) in [6.07, 6.45) is -1.10. The normalized spacial score (nSPS) is 23.0. The first-order chi connectivity index (χ1) is 12.7. The molecule has 0 saturated heterocycles. The molecule has 2 atom stereocenters. The summed E-state index contributed by atoms with van der Waals surface area (Å²) in [6.45, 7) is 2.28. The number of hydrogen-bond acceptors (Lipinski definition) is 3. The number of aromatic nitrogens is 2. The van der Waals surface area contributed by atoms with Gasteiger partial charge in [0.25, 0.3) is 0 Å². The summed E-state index contributed by atoms with van der Waals surface area (Å²) in [5, 5.41) is 5.92. The molecule has 2 unspecified atom stereocenters. The quantitative estimate of drug-likeness (QED) is 0.817. The average Bonchev–Trinajstić information content (AvgIpc) is 3.47. The van der Waals surface area contributed by atoms with Gasteiger partial charge in [-0.25, -0.2) is 4.79 Å². The molecule has 144 valence electrons. The second-order valence-electron chi connectivity index (χ2n) is 7.72. The summed E-state index contributed by atoms with van der Waals surface area (Å²) in [5.41, 5.74) is 0.763. The monoisotopic (exact) mass is 379 g/mol. The van der Waals surface area contributed by atoms with Crippen molar-refractivity contribution >= 4 is 11.8 Å². The fraction of sp³-hybridized carbons (Fsp3) is 0.474. The lowest BCUT2D eigenvalue weighted by Crippen LogP contribution is -2.19. The van der Waals surface area contributed by atoms with Gasteiger partial charge in [0.05, 0.1) is 6.20 Å². The van der Waals surface area contributed by atoms with Gasteiger partial charge in [-0.05, 0) is 48.1 Å². The van der Waals surface area contributed by atoms with Crippen molar-refractivity contribution in [1.29, 1.82) is 0 Å². The maximum atomic E-state index is 13.0. The fourth-order valence-corrected chi connectivity index (χ4v) is 3.78. The lowest BCUT2D eigenvalue weighted by Gasteiger charge is -2.13. The average molecular weight is 379 g/mol. The lowest BCUT2D eigenvalue weighted by atomic mass is 9.98. The minimum atomic E-state index is -4.70. The number of amides is 1. The van der Waals surface area contributed by atoms with E-state index in [2.05, 4.69) is 17.3 Å². The van der Waals surface area contributed by atoms with Gasteiger partial charge in [0, 0.05) is 12.7 Å². The maximum Gasteiger partial charge on any atom is 0.438 e. The van der Waals surface area contributed by atoms with Gasteiger partial charge in [-0.15, -0.1) is 0 Å². The second kappa shape index (κ2) is 6.00. The summed E-state index contributed by atoms with van der Waals surface area (Å²) in [7, 11) is 1.33. The SMILES string of the molecule is Cn1cc(OC(=O)Nc2ccccc2C2CC2C2(C)CC2)c(C(F)(F)F)n1. The van der Waals surface area contributed by atoms with E-state index in [1.165, 1.54) is 19.9 Å². The Morgan fingerprint density at radius 1 is 1.33 bits per heavy atom. The van der Waals surface area contributed by atoms with Crippen LogP contribution in [-0.4, -0.2) is 15.9 Å². The maximum absolute atomic E-state index is 13.0. The minimum Gasteiger partial charge on any atom is -0.406 e. The van der Waals surface area contributed by atoms with Crippen LogP contribution in [0.2, 0.25) is 0 Å². The van der Waals surface area contributed by atoms with E-state index in [1.807, 2.05) is 12.1 Å². The van der Waals surface area contributed by atoms with Crippen molar-refractivity contribution in [2.45, 2.75) is 38.3 Å². The van der Waals surface area contributed by atoms with Crippen molar-refractivity contribution in [3.63, 3.8) is 0 Å². The summed E-state index contributed by atoms with van der Waals surface area (Å²) >= 11 is 0. The molecule has 2 aliphatic rings. The Morgan fingerprint density at radius 2 is 2.04 bits per heavy atom. The molecule has 0 spiro atoms. The predicted octanol–water partition coefficient (Wildman–Crippen LogP) is 4.95. The summed E-state index contributed by atoms with van der Waals surface area (Å²) < 4.78 is 44.8. The molecule has 27 heavy (non-hydrogen) atoms.